The van der Waals surface area contributed by atoms with Crippen molar-refractivity contribution in [3.8, 4) is 0 Å². The van der Waals surface area contributed by atoms with Gasteiger partial charge in [-0.3, -0.25) is 19.1 Å². The fraction of sp³-hybridized carbons (Fsp3) is 0.476. The van der Waals surface area contributed by atoms with Gasteiger partial charge in [0.25, 0.3) is 5.56 Å². The maximum Gasteiger partial charge on any atom is 0.311 e. The summed E-state index contributed by atoms with van der Waals surface area (Å²) in [4.78, 5) is 31.4. The highest BCUT2D eigenvalue weighted by Gasteiger charge is 2.43. The van der Waals surface area contributed by atoms with Crippen LogP contribution in [0.3, 0.4) is 0 Å². The molecule has 31 heavy (non-hydrogen) atoms. The number of H-pyrrole nitrogens is 1. The number of rotatable bonds is 7. The number of aliphatic hydroxyl groups excluding tert-OH is 1. The van der Waals surface area contributed by atoms with E-state index in [2.05, 4.69) is 15.3 Å². The molecule has 9 nitrogen and oxygen atoms in total. The number of aliphatic hydroxyl groups is 1. The third kappa shape index (κ3) is 4.29. The third-order valence-corrected chi connectivity index (χ3v) is 6.84. The quantitative estimate of drug-likeness (QED) is 0.434. The van der Waals surface area contributed by atoms with E-state index in [1.54, 1.807) is 0 Å². The van der Waals surface area contributed by atoms with Crippen LogP contribution < -0.4 is 21.5 Å². The smallest absolute Gasteiger partial charge is 0.311 e. The van der Waals surface area contributed by atoms with Crippen LogP contribution in [0.2, 0.25) is 0 Å². The van der Waals surface area contributed by atoms with Crippen molar-refractivity contribution in [2.45, 2.75) is 57.7 Å². The molecule has 10 heteroatoms. The number of nitrogen functional groups attached to an aromatic ring is 1. The lowest BCUT2D eigenvalue weighted by Gasteiger charge is -2.26. The van der Waals surface area contributed by atoms with Gasteiger partial charge in [0.15, 0.2) is 5.65 Å². The van der Waals surface area contributed by atoms with Gasteiger partial charge in [-0.2, -0.15) is 4.98 Å². The van der Waals surface area contributed by atoms with Gasteiger partial charge in [-0.05, 0) is 25.3 Å². The molecule has 5 atom stereocenters. The SMILES string of the molecule is CC[C@H](O)[C@@H]1C[C@@H]([C@@H](C)NCc2ccccc2)[C@H](n2c(=O)sc3c(=O)[nH]c(N)nc32)O1. The van der Waals surface area contributed by atoms with E-state index in [1.165, 1.54) is 4.57 Å². The maximum absolute atomic E-state index is 12.9. The molecular formula is C21H27N5O4S. The molecule has 1 fully saturated rings. The van der Waals surface area contributed by atoms with E-state index in [4.69, 9.17) is 10.5 Å². The summed E-state index contributed by atoms with van der Waals surface area (Å²) in [5.41, 5.74) is 6.65. The molecule has 0 saturated carbocycles. The average Bonchev–Trinajstić information content (AvgIpc) is 3.33. The van der Waals surface area contributed by atoms with Gasteiger partial charge in [-0.25, -0.2) is 0 Å². The van der Waals surface area contributed by atoms with Crippen LogP contribution in [0.15, 0.2) is 39.9 Å². The lowest BCUT2D eigenvalue weighted by Crippen LogP contribution is -2.38. The minimum Gasteiger partial charge on any atom is -0.390 e. The Morgan fingerprint density at radius 1 is 1.39 bits per heavy atom. The first-order valence-electron chi connectivity index (χ1n) is 10.4. The van der Waals surface area contributed by atoms with Crippen LogP contribution in [-0.4, -0.2) is 37.9 Å². The van der Waals surface area contributed by atoms with E-state index in [0.717, 1.165) is 16.9 Å². The summed E-state index contributed by atoms with van der Waals surface area (Å²) in [6, 6.07) is 10.0. The number of aromatic nitrogens is 3. The van der Waals surface area contributed by atoms with Gasteiger partial charge in [-0.1, -0.05) is 48.6 Å². The van der Waals surface area contributed by atoms with Crippen molar-refractivity contribution in [1.29, 1.82) is 0 Å². The number of aromatic amines is 1. The van der Waals surface area contributed by atoms with Gasteiger partial charge >= 0.3 is 4.87 Å². The molecule has 0 aliphatic carbocycles. The van der Waals surface area contributed by atoms with Crippen molar-refractivity contribution in [1.82, 2.24) is 19.9 Å². The van der Waals surface area contributed by atoms with Crippen molar-refractivity contribution >= 4 is 27.6 Å². The number of thiazole rings is 1. The first kappa shape index (κ1) is 21.7. The highest BCUT2D eigenvalue weighted by Crippen LogP contribution is 2.39. The minimum absolute atomic E-state index is 0.0274. The molecule has 1 aliphatic rings. The van der Waals surface area contributed by atoms with Gasteiger partial charge in [0, 0.05) is 18.5 Å². The zero-order valence-electron chi connectivity index (χ0n) is 17.4. The molecule has 3 aromatic rings. The molecule has 3 heterocycles. The van der Waals surface area contributed by atoms with E-state index in [-0.39, 0.29) is 33.1 Å². The van der Waals surface area contributed by atoms with Crippen molar-refractivity contribution in [3.05, 3.63) is 55.9 Å². The zero-order chi connectivity index (χ0) is 22.1. The van der Waals surface area contributed by atoms with Crippen molar-refractivity contribution in [2.24, 2.45) is 5.92 Å². The highest BCUT2D eigenvalue weighted by atomic mass is 32.1. The van der Waals surface area contributed by atoms with Crippen LogP contribution in [0.5, 0.6) is 0 Å². The number of fused-ring (bicyclic) bond motifs is 1. The predicted octanol–water partition coefficient (Wildman–Crippen LogP) is 1.58. The van der Waals surface area contributed by atoms with Crippen molar-refractivity contribution in [2.75, 3.05) is 5.73 Å². The Morgan fingerprint density at radius 3 is 2.84 bits per heavy atom. The Hall–Kier alpha value is -2.53. The molecule has 0 radical (unpaired) electrons. The molecule has 0 unspecified atom stereocenters. The summed E-state index contributed by atoms with van der Waals surface area (Å²) in [7, 11) is 0. The Kier molecular flexibility index (Phi) is 6.24. The summed E-state index contributed by atoms with van der Waals surface area (Å²) >= 11 is 0.823. The molecule has 0 bridgehead atoms. The Labute approximate surface area is 182 Å². The normalized spacial score (nSPS) is 23.3. The van der Waals surface area contributed by atoms with E-state index in [1.807, 2.05) is 44.2 Å². The second-order valence-electron chi connectivity index (χ2n) is 7.94. The Morgan fingerprint density at radius 2 is 2.13 bits per heavy atom. The number of anilines is 1. The Bertz CT molecular complexity index is 1160. The molecule has 1 aliphatic heterocycles. The zero-order valence-corrected chi connectivity index (χ0v) is 18.3. The number of benzene rings is 1. The standard InChI is InChI=1S/C21H27N5O4S/c1-3-14(27)15-9-13(11(2)23-10-12-7-5-4-6-8-12)19(30-15)26-17-16(31-21(26)29)18(28)25-20(22)24-17/h4-8,11,13-15,19,23,27H,3,9-10H2,1-2H3,(H3,22,24,25,28)/t11-,13+,14+,15+,19-/m1/s1. The monoisotopic (exact) mass is 445 g/mol. The first-order valence-corrected chi connectivity index (χ1v) is 11.2. The molecule has 1 aromatic carbocycles. The molecule has 166 valence electrons. The average molecular weight is 446 g/mol. The molecule has 0 spiro atoms. The summed E-state index contributed by atoms with van der Waals surface area (Å²) in [5.74, 6) is -0.174. The number of hydrogen-bond acceptors (Lipinski definition) is 8. The minimum atomic E-state index is -0.667. The highest BCUT2D eigenvalue weighted by molar-refractivity contribution is 7.16. The summed E-state index contributed by atoms with van der Waals surface area (Å²) in [5, 5.41) is 13.9. The molecule has 4 rings (SSSR count). The predicted molar refractivity (Wildman–Crippen MR) is 120 cm³/mol. The van der Waals surface area contributed by atoms with Gasteiger partial charge < -0.3 is 20.9 Å². The lowest BCUT2D eigenvalue weighted by atomic mass is 9.93. The fourth-order valence-corrected chi connectivity index (χ4v) is 4.97. The number of ether oxygens (including phenoxy) is 1. The number of nitrogens with one attached hydrogen (secondary N) is 2. The molecule has 5 N–H and O–H groups in total. The Balaban J connectivity index is 1.68. The van der Waals surface area contributed by atoms with Gasteiger partial charge in [0.2, 0.25) is 5.95 Å². The van der Waals surface area contributed by atoms with Crippen LogP contribution in [0, 0.1) is 5.92 Å². The fourth-order valence-electron chi connectivity index (χ4n) is 4.13. The van der Waals surface area contributed by atoms with E-state index in [0.29, 0.717) is 19.4 Å². The van der Waals surface area contributed by atoms with Gasteiger partial charge in [0.1, 0.15) is 10.9 Å². The molecular weight excluding hydrogens is 418 g/mol. The molecule has 2 aromatic heterocycles. The summed E-state index contributed by atoms with van der Waals surface area (Å²) < 4.78 is 7.83. The number of hydrogen-bond donors (Lipinski definition) is 4. The van der Waals surface area contributed by atoms with Crippen LogP contribution in [0.1, 0.15) is 38.5 Å². The van der Waals surface area contributed by atoms with Crippen LogP contribution >= 0.6 is 11.3 Å². The van der Waals surface area contributed by atoms with E-state index in [9.17, 15) is 14.7 Å². The molecule has 0 amide bonds. The second-order valence-corrected chi connectivity index (χ2v) is 8.90. The third-order valence-electron chi connectivity index (χ3n) is 5.89. The van der Waals surface area contributed by atoms with E-state index >= 15 is 0 Å². The topological polar surface area (TPSA) is 135 Å². The van der Waals surface area contributed by atoms with Crippen LogP contribution in [0.25, 0.3) is 10.3 Å². The lowest BCUT2D eigenvalue weighted by molar-refractivity contribution is -0.0671. The van der Waals surface area contributed by atoms with E-state index < -0.39 is 24.0 Å². The van der Waals surface area contributed by atoms with Crippen LogP contribution in [0.4, 0.5) is 5.95 Å². The van der Waals surface area contributed by atoms with Crippen LogP contribution in [-0.2, 0) is 11.3 Å². The van der Waals surface area contributed by atoms with Crippen molar-refractivity contribution in [3.63, 3.8) is 0 Å². The summed E-state index contributed by atoms with van der Waals surface area (Å²) in [6.45, 7) is 4.59. The van der Waals surface area contributed by atoms with Gasteiger partial charge in [-0.15, -0.1) is 0 Å². The molecule has 1 saturated heterocycles. The maximum atomic E-state index is 12.9. The number of nitrogens with zero attached hydrogens (tertiary/aromatic N) is 2. The first-order chi connectivity index (χ1) is 14.9. The van der Waals surface area contributed by atoms with Gasteiger partial charge in [0.05, 0.1) is 12.2 Å². The van der Waals surface area contributed by atoms with Crippen molar-refractivity contribution < 1.29 is 9.84 Å². The largest absolute Gasteiger partial charge is 0.390 e. The number of nitrogens with two attached hydrogens (primary N) is 1. The summed E-state index contributed by atoms with van der Waals surface area (Å²) in [6.07, 6.45) is -0.608. The second kappa shape index (κ2) is 8.91.